The van der Waals surface area contributed by atoms with Gasteiger partial charge >= 0.3 is 5.69 Å². The molecule has 0 radical (unpaired) electrons. The lowest BCUT2D eigenvalue weighted by molar-refractivity contribution is 0.439. The summed E-state index contributed by atoms with van der Waals surface area (Å²) in [4.78, 5) is 17.5. The van der Waals surface area contributed by atoms with Crippen LogP contribution in [0.4, 0.5) is 0 Å². The molecule has 1 fully saturated rings. The molecule has 7 heteroatoms. The first kappa shape index (κ1) is 17.7. The van der Waals surface area contributed by atoms with Crippen LogP contribution in [-0.4, -0.2) is 37.0 Å². The molecule has 4 rings (SSSR count). The maximum absolute atomic E-state index is 13.3. The molecular formula is C20H26N6O. The van der Waals surface area contributed by atoms with E-state index in [0.717, 1.165) is 43.1 Å². The van der Waals surface area contributed by atoms with Crippen molar-refractivity contribution >= 4 is 0 Å². The Bertz CT molecular complexity index is 947. The number of piperidine rings is 1. The molecular weight excluding hydrogens is 340 g/mol. The minimum atomic E-state index is -0.0988. The average molecular weight is 366 g/mol. The lowest BCUT2D eigenvalue weighted by Gasteiger charge is -2.22. The zero-order valence-corrected chi connectivity index (χ0v) is 15.9. The summed E-state index contributed by atoms with van der Waals surface area (Å²) < 4.78 is 5.43. The van der Waals surface area contributed by atoms with E-state index in [2.05, 4.69) is 28.7 Å². The topological polar surface area (TPSA) is 69.7 Å². The van der Waals surface area contributed by atoms with E-state index in [9.17, 15) is 4.79 Å². The molecule has 7 nitrogen and oxygen atoms in total. The minimum absolute atomic E-state index is 0.0988. The van der Waals surface area contributed by atoms with Crippen molar-refractivity contribution in [1.29, 1.82) is 0 Å². The molecule has 0 bridgehead atoms. The van der Waals surface area contributed by atoms with E-state index in [-0.39, 0.29) is 17.6 Å². The Kier molecular flexibility index (Phi) is 4.94. The zero-order valence-electron chi connectivity index (χ0n) is 15.9. The molecule has 27 heavy (non-hydrogen) atoms. The van der Waals surface area contributed by atoms with Crippen LogP contribution in [0.25, 0.3) is 5.69 Å². The normalized spacial score (nSPS) is 17.5. The van der Waals surface area contributed by atoms with Crippen LogP contribution in [-0.2, 0) is 6.54 Å². The van der Waals surface area contributed by atoms with Gasteiger partial charge < -0.3 is 9.88 Å². The predicted octanol–water partition coefficient (Wildman–Crippen LogP) is 2.33. The fraction of sp³-hybridized carbons (Fsp3) is 0.450. The predicted molar refractivity (Wildman–Crippen MR) is 104 cm³/mol. The molecule has 3 aromatic rings. The Balaban J connectivity index is 1.78. The molecule has 0 spiro atoms. The van der Waals surface area contributed by atoms with Crippen molar-refractivity contribution in [1.82, 2.24) is 29.2 Å². The second-order valence-electron chi connectivity index (χ2n) is 7.40. The van der Waals surface area contributed by atoms with Gasteiger partial charge in [0.25, 0.3) is 0 Å². The molecule has 0 unspecified atom stereocenters. The number of aromatic nitrogens is 5. The molecule has 1 atom stereocenters. The van der Waals surface area contributed by atoms with Gasteiger partial charge in [-0.25, -0.2) is 19.0 Å². The van der Waals surface area contributed by atoms with E-state index >= 15 is 0 Å². The van der Waals surface area contributed by atoms with Gasteiger partial charge in [0.1, 0.15) is 5.82 Å². The first-order chi connectivity index (χ1) is 13.1. The smallest absolute Gasteiger partial charge is 0.330 e. The van der Waals surface area contributed by atoms with Crippen LogP contribution in [0.2, 0.25) is 0 Å². The van der Waals surface area contributed by atoms with E-state index in [1.54, 1.807) is 9.25 Å². The van der Waals surface area contributed by atoms with Gasteiger partial charge in [0.2, 0.25) is 0 Å². The van der Waals surface area contributed by atoms with E-state index in [1.165, 1.54) is 0 Å². The summed E-state index contributed by atoms with van der Waals surface area (Å²) in [7, 11) is 0. The van der Waals surface area contributed by atoms with Crippen LogP contribution in [0.5, 0.6) is 0 Å². The number of hydrogen-bond acceptors (Lipinski definition) is 4. The van der Waals surface area contributed by atoms with E-state index in [0.29, 0.717) is 6.54 Å². The molecule has 2 aromatic heterocycles. The average Bonchev–Trinajstić information content (AvgIpc) is 3.29. The van der Waals surface area contributed by atoms with Gasteiger partial charge in [-0.1, -0.05) is 18.2 Å². The van der Waals surface area contributed by atoms with Crippen LogP contribution < -0.4 is 11.0 Å². The van der Waals surface area contributed by atoms with Crippen LogP contribution in [0.1, 0.15) is 50.2 Å². The molecule has 0 aliphatic carbocycles. The first-order valence-electron chi connectivity index (χ1n) is 9.61. The first-order valence-corrected chi connectivity index (χ1v) is 9.61. The fourth-order valence-electron chi connectivity index (χ4n) is 3.76. The number of nitrogens with zero attached hydrogens (tertiary/aromatic N) is 5. The van der Waals surface area contributed by atoms with Crippen molar-refractivity contribution in [3.63, 3.8) is 0 Å². The van der Waals surface area contributed by atoms with Crippen molar-refractivity contribution in [3.05, 3.63) is 64.9 Å². The number of imidazole rings is 1. The Morgan fingerprint density at radius 1 is 1.26 bits per heavy atom. The van der Waals surface area contributed by atoms with Gasteiger partial charge in [-0.3, -0.25) is 0 Å². The monoisotopic (exact) mass is 366 g/mol. The summed E-state index contributed by atoms with van der Waals surface area (Å²) >= 11 is 0. The van der Waals surface area contributed by atoms with Crippen molar-refractivity contribution in [3.8, 4) is 5.69 Å². The molecule has 0 amide bonds. The van der Waals surface area contributed by atoms with Gasteiger partial charge in [-0.05, 0) is 45.4 Å². The summed E-state index contributed by atoms with van der Waals surface area (Å²) in [5, 5.41) is 8.20. The van der Waals surface area contributed by atoms with Gasteiger partial charge in [0, 0.05) is 18.5 Å². The molecule has 1 aliphatic rings. The second-order valence-corrected chi connectivity index (χ2v) is 7.40. The molecule has 1 saturated heterocycles. The van der Waals surface area contributed by atoms with Gasteiger partial charge in [0.15, 0.2) is 0 Å². The second kappa shape index (κ2) is 7.52. The van der Waals surface area contributed by atoms with E-state index in [1.807, 2.05) is 42.9 Å². The van der Waals surface area contributed by atoms with E-state index in [4.69, 9.17) is 5.10 Å². The highest BCUT2D eigenvalue weighted by Gasteiger charge is 2.25. The van der Waals surface area contributed by atoms with Crippen molar-refractivity contribution in [2.45, 2.75) is 45.2 Å². The molecule has 0 saturated carbocycles. The maximum atomic E-state index is 13.3. The number of benzene rings is 1. The van der Waals surface area contributed by atoms with Crippen LogP contribution in [0.15, 0.2) is 47.7 Å². The molecule has 142 valence electrons. The quantitative estimate of drug-likeness (QED) is 0.752. The van der Waals surface area contributed by atoms with Crippen molar-refractivity contribution in [2.24, 2.45) is 0 Å². The lowest BCUT2D eigenvalue weighted by atomic mass is 9.99. The third kappa shape index (κ3) is 3.47. The Labute approximate surface area is 158 Å². The summed E-state index contributed by atoms with van der Waals surface area (Å²) in [5.74, 6) is 1.08. The molecule has 3 heterocycles. The zero-order chi connectivity index (χ0) is 18.8. The van der Waals surface area contributed by atoms with Crippen LogP contribution in [0.3, 0.4) is 0 Å². The highest BCUT2D eigenvalue weighted by Crippen LogP contribution is 2.23. The van der Waals surface area contributed by atoms with Crippen molar-refractivity contribution in [2.75, 3.05) is 13.1 Å². The van der Waals surface area contributed by atoms with Gasteiger partial charge in [-0.15, -0.1) is 0 Å². The summed E-state index contributed by atoms with van der Waals surface area (Å²) in [6, 6.07) is 10.1. The largest absolute Gasteiger partial charge is 0.350 e. The Hall–Kier alpha value is -2.67. The summed E-state index contributed by atoms with van der Waals surface area (Å²) in [6.45, 7) is 6.52. The Morgan fingerprint density at radius 2 is 2.07 bits per heavy atom. The van der Waals surface area contributed by atoms with Crippen LogP contribution >= 0.6 is 0 Å². The SMILES string of the molecule is CC(C)n1cncc1Cn1nc([C@H]2CCCNC2)n(-c2ccccc2)c1=O. The van der Waals surface area contributed by atoms with Crippen molar-refractivity contribution < 1.29 is 0 Å². The van der Waals surface area contributed by atoms with E-state index < -0.39 is 0 Å². The molecule has 1 aromatic carbocycles. The third-order valence-corrected chi connectivity index (χ3v) is 5.16. The number of hydrogen-bond donors (Lipinski definition) is 1. The fourth-order valence-corrected chi connectivity index (χ4v) is 3.76. The number of para-hydroxylation sites is 1. The van der Waals surface area contributed by atoms with Crippen LogP contribution in [0, 0.1) is 0 Å². The maximum Gasteiger partial charge on any atom is 0.350 e. The molecule has 1 aliphatic heterocycles. The summed E-state index contributed by atoms with van der Waals surface area (Å²) in [6.07, 6.45) is 5.77. The minimum Gasteiger partial charge on any atom is -0.330 e. The standard InChI is InChI=1S/C20H26N6O/c1-15(2)24-14-22-12-18(24)13-25-20(27)26(17-8-4-3-5-9-17)19(23-25)16-7-6-10-21-11-16/h3-5,8-9,12,14-16,21H,6-7,10-11,13H2,1-2H3/t16-/m0/s1. The number of nitrogens with one attached hydrogen (secondary N) is 1. The van der Waals surface area contributed by atoms with Gasteiger partial charge in [0.05, 0.1) is 30.5 Å². The molecule has 1 N–H and O–H groups in total. The summed E-state index contributed by atoms with van der Waals surface area (Å²) in [5.41, 5.74) is 1.75. The Morgan fingerprint density at radius 3 is 2.78 bits per heavy atom. The number of rotatable bonds is 5. The third-order valence-electron chi connectivity index (χ3n) is 5.16. The van der Waals surface area contributed by atoms with Gasteiger partial charge in [-0.2, -0.15) is 5.10 Å². The lowest BCUT2D eigenvalue weighted by Crippen LogP contribution is -2.31. The highest BCUT2D eigenvalue weighted by molar-refractivity contribution is 5.33. The highest BCUT2D eigenvalue weighted by atomic mass is 16.2.